The summed E-state index contributed by atoms with van der Waals surface area (Å²) in [7, 11) is 0. The van der Waals surface area contributed by atoms with E-state index in [1.165, 1.54) is 0 Å². The Bertz CT molecular complexity index is 1220. The van der Waals surface area contributed by atoms with E-state index in [2.05, 4.69) is 20.4 Å². The van der Waals surface area contributed by atoms with Crippen LogP contribution in [0.5, 0.6) is 0 Å². The molecule has 0 unspecified atom stereocenters. The van der Waals surface area contributed by atoms with E-state index in [0.717, 1.165) is 11.1 Å². The van der Waals surface area contributed by atoms with Crippen molar-refractivity contribution in [1.82, 2.24) is 20.4 Å². The highest BCUT2D eigenvalue weighted by atomic mass is 35.5. The molecule has 4 aromatic rings. The molecule has 28 heavy (non-hydrogen) atoms. The van der Waals surface area contributed by atoms with Crippen molar-refractivity contribution in [2.24, 2.45) is 0 Å². The standard InChI is InChI=1S/C20H19ClN4O3/c1-9-4-5-12(21)8-13(9)14-6-7-15(28-14)18(16-10(2)22-24-19(16)26)17-11(3)23-25-20(17)27/h4-8,18H,1-3H3,(H2,22,24,26)(H2,23,25,27). The number of hydrogen-bond acceptors (Lipinski definition) is 3. The average molecular weight is 399 g/mol. The van der Waals surface area contributed by atoms with E-state index in [-0.39, 0.29) is 11.1 Å². The van der Waals surface area contributed by atoms with Crippen molar-refractivity contribution in [2.75, 3.05) is 0 Å². The minimum Gasteiger partial charge on any atom is -0.460 e. The fourth-order valence-electron chi connectivity index (χ4n) is 3.55. The van der Waals surface area contributed by atoms with Crippen molar-refractivity contribution >= 4 is 11.6 Å². The van der Waals surface area contributed by atoms with Crippen LogP contribution in [-0.4, -0.2) is 20.4 Å². The van der Waals surface area contributed by atoms with Crippen LogP contribution in [0.15, 0.2) is 44.3 Å². The third kappa shape index (κ3) is 2.93. The number of aromatic amines is 4. The monoisotopic (exact) mass is 398 g/mol. The molecule has 0 saturated carbocycles. The van der Waals surface area contributed by atoms with Crippen molar-refractivity contribution in [3.63, 3.8) is 0 Å². The highest BCUT2D eigenvalue weighted by Crippen LogP contribution is 2.36. The Morgan fingerprint density at radius 3 is 2.00 bits per heavy atom. The number of rotatable bonds is 4. The minimum atomic E-state index is -0.654. The number of halogens is 1. The second-order valence-electron chi connectivity index (χ2n) is 6.83. The zero-order valence-corrected chi connectivity index (χ0v) is 16.3. The molecule has 0 bridgehead atoms. The molecule has 4 N–H and O–H groups in total. The van der Waals surface area contributed by atoms with Crippen LogP contribution in [0.25, 0.3) is 11.3 Å². The Morgan fingerprint density at radius 2 is 1.46 bits per heavy atom. The minimum absolute atomic E-state index is 0.292. The van der Waals surface area contributed by atoms with Crippen LogP contribution in [-0.2, 0) is 0 Å². The number of aryl methyl sites for hydroxylation is 3. The molecule has 0 spiro atoms. The summed E-state index contributed by atoms with van der Waals surface area (Å²) in [4.78, 5) is 25.0. The third-order valence-electron chi connectivity index (χ3n) is 4.98. The molecule has 0 fully saturated rings. The van der Waals surface area contributed by atoms with Gasteiger partial charge in [-0.25, -0.2) is 0 Å². The first-order chi connectivity index (χ1) is 13.4. The highest BCUT2D eigenvalue weighted by Gasteiger charge is 2.30. The van der Waals surface area contributed by atoms with E-state index >= 15 is 0 Å². The first-order valence-corrected chi connectivity index (χ1v) is 9.15. The van der Waals surface area contributed by atoms with Gasteiger partial charge in [0.25, 0.3) is 11.1 Å². The lowest BCUT2D eigenvalue weighted by molar-refractivity contribution is 0.513. The fourth-order valence-corrected chi connectivity index (χ4v) is 3.72. The van der Waals surface area contributed by atoms with Crippen molar-refractivity contribution < 1.29 is 4.42 Å². The molecular weight excluding hydrogens is 380 g/mol. The summed E-state index contributed by atoms with van der Waals surface area (Å²) in [5.74, 6) is 0.461. The maximum atomic E-state index is 12.5. The van der Waals surface area contributed by atoms with E-state index in [1.54, 1.807) is 19.9 Å². The van der Waals surface area contributed by atoms with Gasteiger partial charge in [-0.3, -0.25) is 19.8 Å². The van der Waals surface area contributed by atoms with Gasteiger partial charge in [-0.05, 0) is 50.6 Å². The number of furan rings is 1. The normalized spacial score (nSPS) is 11.5. The van der Waals surface area contributed by atoms with Gasteiger partial charge in [0.2, 0.25) is 0 Å². The molecule has 7 nitrogen and oxygen atoms in total. The van der Waals surface area contributed by atoms with E-state index in [0.29, 0.717) is 39.1 Å². The zero-order valence-electron chi connectivity index (χ0n) is 15.6. The molecule has 0 aliphatic carbocycles. The van der Waals surface area contributed by atoms with Gasteiger partial charge in [-0.2, -0.15) is 0 Å². The van der Waals surface area contributed by atoms with Crippen LogP contribution in [0.3, 0.4) is 0 Å². The summed E-state index contributed by atoms with van der Waals surface area (Å²) < 4.78 is 6.14. The smallest absolute Gasteiger partial charge is 0.268 e. The van der Waals surface area contributed by atoms with Gasteiger partial charge in [-0.1, -0.05) is 17.7 Å². The van der Waals surface area contributed by atoms with Crippen LogP contribution in [0.4, 0.5) is 0 Å². The molecule has 3 aromatic heterocycles. The number of nitrogens with one attached hydrogen (secondary N) is 4. The molecule has 0 saturated heterocycles. The number of aromatic nitrogens is 4. The molecule has 0 radical (unpaired) electrons. The first-order valence-electron chi connectivity index (χ1n) is 8.77. The summed E-state index contributed by atoms with van der Waals surface area (Å²) in [6, 6.07) is 9.18. The fraction of sp³-hybridized carbons (Fsp3) is 0.200. The van der Waals surface area contributed by atoms with E-state index in [4.69, 9.17) is 16.0 Å². The molecule has 0 atom stereocenters. The SMILES string of the molecule is Cc1ccc(Cl)cc1-c1ccc(C(c2c(C)[nH][nH]c2=O)c2c(C)[nH][nH]c2=O)o1. The van der Waals surface area contributed by atoms with Gasteiger partial charge >= 0.3 is 0 Å². The van der Waals surface area contributed by atoms with Crippen molar-refractivity contribution in [3.05, 3.63) is 89.9 Å². The largest absolute Gasteiger partial charge is 0.460 e. The number of hydrogen-bond donors (Lipinski definition) is 4. The Balaban J connectivity index is 1.92. The molecule has 144 valence electrons. The first kappa shape index (κ1) is 18.2. The lowest BCUT2D eigenvalue weighted by Gasteiger charge is -2.13. The molecule has 1 aromatic carbocycles. The second kappa shape index (κ2) is 6.76. The topological polar surface area (TPSA) is 110 Å². The van der Waals surface area contributed by atoms with Crippen LogP contribution < -0.4 is 11.1 Å². The Morgan fingerprint density at radius 1 is 0.857 bits per heavy atom. The van der Waals surface area contributed by atoms with Crippen molar-refractivity contribution in [2.45, 2.75) is 26.7 Å². The van der Waals surface area contributed by atoms with Gasteiger partial charge in [0.05, 0.1) is 17.0 Å². The molecule has 0 amide bonds. The predicted molar refractivity (Wildman–Crippen MR) is 107 cm³/mol. The Labute approximate surface area is 164 Å². The zero-order chi connectivity index (χ0) is 20.0. The maximum absolute atomic E-state index is 12.5. The van der Waals surface area contributed by atoms with Crippen LogP contribution in [0.1, 0.15) is 39.8 Å². The van der Waals surface area contributed by atoms with Gasteiger partial charge in [0.1, 0.15) is 11.5 Å². The highest BCUT2D eigenvalue weighted by molar-refractivity contribution is 6.30. The summed E-state index contributed by atoms with van der Waals surface area (Å²) in [5.41, 5.74) is 3.46. The van der Waals surface area contributed by atoms with Crippen molar-refractivity contribution in [1.29, 1.82) is 0 Å². The summed E-state index contributed by atoms with van der Waals surface area (Å²) >= 11 is 6.14. The van der Waals surface area contributed by atoms with Gasteiger partial charge in [0.15, 0.2) is 0 Å². The number of H-pyrrole nitrogens is 4. The summed E-state index contributed by atoms with van der Waals surface area (Å²) in [6.45, 7) is 5.52. The van der Waals surface area contributed by atoms with E-state index in [1.807, 2.05) is 31.2 Å². The van der Waals surface area contributed by atoms with Gasteiger partial charge in [0, 0.05) is 22.0 Å². The van der Waals surface area contributed by atoms with Crippen molar-refractivity contribution in [3.8, 4) is 11.3 Å². The number of benzene rings is 1. The van der Waals surface area contributed by atoms with E-state index < -0.39 is 5.92 Å². The molecule has 0 aliphatic heterocycles. The summed E-state index contributed by atoms with van der Waals surface area (Å²) in [6.07, 6.45) is 0. The summed E-state index contributed by atoms with van der Waals surface area (Å²) in [5, 5.41) is 11.4. The third-order valence-corrected chi connectivity index (χ3v) is 5.21. The Hall–Kier alpha value is -3.19. The van der Waals surface area contributed by atoms with Crippen LogP contribution in [0.2, 0.25) is 5.02 Å². The molecule has 4 rings (SSSR count). The molecule has 8 heteroatoms. The van der Waals surface area contributed by atoms with Crippen LogP contribution in [0, 0.1) is 20.8 Å². The lowest BCUT2D eigenvalue weighted by Crippen LogP contribution is -2.19. The lowest BCUT2D eigenvalue weighted by atomic mass is 9.89. The van der Waals surface area contributed by atoms with Gasteiger partial charge < -0.3 is 14.6 Å². The molecular formula is C20H19ClN4O3. The quantitative estimate of drug-likeness (QED) is 0.420. The maximum Gasteiger partial charge on any atom is 0.268 e. The predicted octanol–water partition coefficient (Wildman–Crippen LogP) is 3.74. The average Bonchev–Trinajstić information content (AvgIpc) is 3.35. The van der Waals surface area contributed by atoms with Gasteiger partial charge in [-0.15, -0.1) is 0 Å². The molecule has 0 aliphatic rings. The molecule has 3 heterocycles. The van der Waals surface area contributed by atoms with E-state index in [9.17, 15) is 9.59 Å². The second-order valence-corrected chi connectivity index (χ2v) is 7.27. The Kier molecular flexibility index (Phi) is 4.39. The van der Waals surface area contributed by atoms with Crippen LogP contribution >= 0.6 is 11.6 Å².